The zero-order chi connectivity index (χ0) is 12.6. The summed E-state index contributed by atoms with van der Waals surface area (Å²) in [6.07, 6.45) is 0. The first-order valence-corrected chi connectivity index (χ1v) is 6.09. The van der Waals surface area contributed by atoms with Gasteiger partial charge in [0, 0.05) is 28.2 Å². The van der Waals surface area contributed by atoms with Crippen LogP contribution in [0.4, 0.5) is 5.69 Å². The van der Waals surface area contributed by atoms with E-state index >= 15 is 0 Å². The number of halogens is 1. The fourth-order valence-electron chi connectivity index (χ4n) is 2.44. The number of hydrogen-bond donors (Lipinski definition) is 1. The molecular weight excluding hydrogens is 236 g/mol. The third-order valence-electron chi connectivity index (χ3n) is 3.14. The van der Waals surface area contributed by atoms with Gasteiger partial charge in [0.15, 0.2) is 0 Å². The normalized spacial score (nSPS) is 17.1. The molecule has 0 radical (unpaired) electrons. The van der Waals surface area contributed by atoms with Gasteiger partial charge in [-0.05, 0) is 19.2 Å². The highest BCUT2D eigenvalue weighted by Gasteiger charge is 2.39. The van der Waals surface area contributed by atoms with Crippen molar-refractivity contribution in [1.29, 1.82) is 0 Å². The standard InChI is InChI=1S/C13H17ClN2O/c1-13(2)8-16(11(17)7-15-3)10-6-4-5-9(14)12(10)13/h4-6,15H,7-8H2,1-3H3. The Morgan fingerprint density at radius 3 is 2.88 bits per heavy atom. The van der Waals surface area contributed by atoms with Crippen LogP contribution >= 0.6 is 11.6 Å². The molecule has 0 saturated carbocycles. The highest BCUT2D eigenvalue weighted by atomic mass is 35.5. The van der Waals surface area contributed by atoms with E-state index in [0.717, 1.165) is 16.3 Å². The average Bonchev–Trinajstić information content (AvgIpc) is 2.52. The Morgan fingerprint density at radius 2 is 2.24 bits per heavy atom. The molecule has 1 heterocycles. The van der Waals surface area contributed by atoms with E-state index in [4.69, 9.17) is 11.6 Å². The predicted molar refractivity (Wildman–Crippen MR) is 70.8 cm³/mol. The first-order chi connectivity index (χ1) is 7.97. The summed E-state index contributed by atoms with van der Waals surface area (Å²) in [5.41, 5.74) is 1.94. The van der Waals surface area contributed by atoms with Crippen molar-refractivity contribution >= 4 is 23.2 Å². The topological polar surface area (TPSA) is 32.3 Å². The van der Waals surface area contributed by atoms with Crippen LogP contribution in [0, 0.1) is 0 Å². The van der Waals surface area contributed by atoms with Crippen LogP contribution in [0.2, 0.25) is 5.02 Å². The molecule has 1 amide bonds. The second kappa shape index (κ2) is 4.31. The molecule has 1 aromatic rings. The van der Waals surface area contributed by atoms with Gasteiger partial charge in [0.25, 0.3) is 0 Å². The summed E-state index contributed by atoms with van der Waals surface area (Å²) in [6.45, 7) is 5.27. The number of nitrogens with one attached hydrogen (secondary N) is 1. The van der Waals surface area contributed by atoms with Crippen LogP contribution in [0.1, 0.15) is 19.4 Å². The van der Waals surface area contributed by atoms with E-state index in [1.54, 1.807) is 7.05 Å². The molecule has 0 unspecified atom stereocenters. The molecule has 3 nitrogen and oxygen atoms in total. The van der Waals surface area contributed by atoms with Crippen LogP contribution in [0.3, 0.4) is 0 Å². The SMILES string of the molecule is CNCC(=O)N1CC(C)(C)c2c(Cl)cccc21. The Kier molecular flexibility index (Phi) is 3.15. The van der Waals surface area contributed by atoms with Crippen molar-refractivity contribution in [3.8, 4) is 0 Å². The number of likely N-dealkylation sites (N-methyl/N-ethyl adjacent to an activating group) is 1. The molecule has 1 aromatic carbocycles. The number of amides is 1. The Morgan fingerprint density at radius 1 is 1.53 bits per heavy atom. The molecule has 0 spiro atoms. The van der Waals surface area contributed by atoms with Crippen LogP contribution in [-0.4, -0.2) is 26.0 Å². The minimum atomic E-state index is -0.0862. The van der Waals surface area contributed by atoms with Gasteiger partial charge < -0.3 is 10.2 Å². The van der Waals surface area contributed by atoms with E-state index < -0.39 is 0 Å². The van der Waals surface area contributed by atoms with Gasteiger partial charge in [0.05, 0.1) is 6.54 Å². The van der Waals surface area contributed by atoms with Gasteiger partial charge in [0.1, 0.15) is 0 Å². The first kappa shape index (κ1) is 12.4. The highest BCUT2D eigenvalue weighted by molar-refractivity contribution is 6.32. The number of hydrogen-bond acceptors (Lipinski definition) is 2. The van der Waals surface area contributed by atoms with Crippen molar-refractivity contribution in [2.75, 3.05) is 25.0 Å². The maximum absolute atomic E-state index is 12.0. The van der Waals surface area contributed by atoms with Gasteiger partial charge in [0.2, 0.25) is 5.91 Å². The summed E-state index contributed by atoms with van der Waals surface area (Å²) in [5.74, 6) is 0.0848. The van der Waals surface area contributed by atoms with Gasteiger partial charge in [-0.3, -0.25) is 4.79 Å². The van der Waals surface area contributed by atoms with Gasteiger partial charge >= 0.3 is 0 Å². The first-order valence-electron chi connectivity index (χ1n) is 5.71. The fourth-order valence-corrected chi connectivity index (χ4v) is 2.86. The summed E-state index contributed by atoms with van der Waals surface area (Å²) in [7, 11) is 1.78. The van der Waals surface area contributed by atoms with Gasteiger partial charge in [-0.15, -0.1) is 0 Å². The summed E-state index contributed by atoms with van der Waals surface area (Å²) in [5, 5.41) is 3.64. The Bertz CT molecular complexity index is 457. The molecule has 4 heteroatoms. The summed E-state index contributed by atoms with van der Waals surface area (Å²) >= 11 is 6.25. The fraction of sp³-hybridized carbons (Fsp3) is 0.462. The molecule has 0 aliphatic carbocycles. The van der Waals surface area contributed by atoms with Gasteiger partial charge in [-0.25, -0.2) is 0 Å². The van der Waals surface area contributed by atoms with Crippen LogP contribution in [0.25, 0.3) is 0 Å². The van der Waals surface area contributed by atoms with E-state index in [1.165, 1.54) is 0 Å². The number of carbonyl (C=O) groups is 1. The lowest BCUT2D eigenvalue weighted by atomic mass is 9.87. The van der Waals surface area contributed by atoms with E-state index in [2.05, 4.69) is 19.2 Å². The minimum Gasteiger partial charge on any atom is -0.311 e. The van der Waals surface area contributed by atoms with Crippen molar-refractivity contribution < 1.29 is 4.79 Å². The number of carbonyl (C=O) groups excluding carboxylic acids is 1. The Labute approximate surface area is 107 Å². The Balaban J connectivity index is 2.45. The number of fused-ring (bicyclic) bond motifs is 1. The zero-order valence-electron chi connectivity index (χ0n) is 10.4. The van der Waals surface area contributed by atoms with E-state index in [-0.39, 0.29) is 11.3 Å². The highest BCUT2D eigenvalue weighted by Crippen LogP contribution is 2.44. The van der Waals surface area contributed by atoms with Crippen LogP contribution in [0.15, 0.2) is 18.2 Å². The number of nitrogens with zero attached hydrogens (tertiary/aromatic N) is 1. The second-order valence-electron chi connectivity index (χ2n) is 5.03. The predicted octanol–water partition coefficient (Wildman–Crippen LogP) is 2.18. The van der Waals surface area contributed by atoms with Crippen LogP contribution < -0.4 is 10.2 Å². The van der Waals surface area contributed by atoms with E-state index in [9.17, 15) is 4.79 Å². The zero-order valence-corrected chi connectivity index (χ0v) is 11.1. The molecule has 0 atom stereocenters. The van der Waals surface area contributed by atoms with Crippen molar-refractivity contribution in [3.63, 3.8) is 0 Å². The quantitative estimate of drug-likeness (QED) is 0.875. The molecule has 17 heavy (non-hydrogen) atoms. The van der Waals surface area contributed by atoms with E-state index in [0.29, 0.717) is 13.1 Å². The largest absolute Gasteiger partial charge is 0.311 e. The second-order valence-corrected chi connectivity index (χ2v) is 5.44. The maximum atomic E-state index is 12.0. The monoisotopic (exact) mass is 252 g/mol. The lowest BCUT2D eigenvalue weighted by Crippen LogP contribution is -2.38. The Hall–Kier alpha value is -1.06. The van der Waals surface area contributed by atoms with E-state index in [1.807, 2.05) is 23.1 Å². The third kappa shape index (κ3) is 2.05. The minimum absolute atomic E-state index is 0.0848. The molecule has 0 saturated heterocycles. The summed E-state index contributed by atoms with van der Waals surface area (Å²) < 4.78 is 0. The van der Waals surface area contributed by atoms with Gasteiger partial charge in [-0.1, -0.05) is 31.5 Å². The molecule has 1 aliphatic rings. The lowest BCUT2D eigenvalue weighted by Gasteiger charge is -2.20. The number of rotatable bonds is 2. The van der Waals surface area contributed by atoms with Crippen molar-refractivity contribution in [1.82, 2.24) is 5.32 Å². The molecular formula is C13H17ClN2O. The van der Waals surface area contributed by atoms with Crippen LogP contribution in [-0.2, 0) is 10.2 Å². The summed E-state index contributed by atoms with van der Waals surface area (Å²) in [6, 6.07) is 5.74. The molecule has 0 fully saturated rings. The van der Waals surface area contributed by atoms with Crippen molar-refractivity contribution in [2.45, 2.75) is 19.3 Å². The molecule has 92 valence electrons. The van der Waals surface area contributed by atoms with Crippen molar-refractivity contribution in [3.05, 3.63) is 28.8 Å². The third-order valence-corrected chi connectivity index (χ3v) is 3.46. The molecule has 1 aliphatic heterocycles. The van der Waals surface area contributed by atoms with Crippen molar-refractivity contribution in [2.24, 2.45) is 0 Å². The van der Waals surface area contributed by atoms with Crippen LogP contribution in [0.5, 0.6) is 0 Å². The number of anilines is 1. The molecule has 2 rings (SSSR count). The molecule has 1 N–H and O–H groups in total. The number of benzene rings is 1. The maximum Gasteiger partial charge on any atom is 0.240 e. The molecule has 0 bridgehead atoms. The van der Waals surface area contributed by atoms with Gasteiger partial charge in [-0.2, -0.15) is 0 Å². The molecule has 0 aromatic heterocycles. The lowest BCUT2D eigenvalue weighted by molar-refractivity contribution is -0.117. The smallest absolute Gasteiger partial charge is 0.240 e. The summed E-state index contributed by atoms with van der Waals surface area (Å²) in [4.78, 5) is 13.8. The average molecular weight is 253 g/mol.